The van der Waals surface area contributed by atoms with Crippen molar-refractivity contribution in [1.82, 2.24) is 4.90 Å². The van der Waals surface area contributed by atoms with Crippen LogP contribution in [0.3, 0.4) is 0 Å². The van der Waals surface area contributed by atoms with Crippen LogP contribution in [-0.2, 0) is 25.7 Å². The van der Waals surface area contributed by atoms with E-state index in [1.165, 1.54) is 0 Å². The molecular weight excluding hydrogens is 428 g/mol. The van der Waals surface area contributed by atoms with Crippen molar-refractivity contribution >= 4 is 23.5 Å². The van der Waals surface area contributed by atoms with Gasteiger partial charge in [-0.05, 0) is 50.3 Å². The Kier molecular flexibility index (Phi) is 11.3. The summed E-state index contributed by atoms with van der Waals surface area (Å²) in [6.45, 7) is 9.50. The Morgan fingerprint density at radius 2 is 1.44 bits per heavy atom. The zero-order chi connectivity index (χ0) is 24.9. The van der Waals surface area contributed by atoms with E-state index in [1.807, 2.05) is 74.2 Å². The number of nitrogens with zero attached hydrogens (tertiary/aromatic N) is 2. The normalized spacial score (nSPS) is 10.6. The van der Waals surface area contributed by atoms with Crippen molar-refractivity contribution in [3.8, 4) is 0 Å². The Labute approximate surface area is 203 Å². The molecule has 184 valence electrons. The SMILES string of the molecule is CCOC(=O)CCCN(Cc1ccccc1)C(=O)CCCN(C(=O)CC)c1c(C)cccc1C. The number of aryl methyl sites for hydroxylation is 2. The molecule has 0 bridgehead atoms. The van der Waals surface area contributed by atoms with Gasteiger partial charge >= 0.3 is 5.97 Å². The highest BCUT2D eigenvalue weighted by atomic mass is 16.5. The Balaban J connectivity index is 2.04. The van der Waals surface area contributed by atoms with Crippen LogP contribution in [0.4, 0.5) is 5.69 Å². The third-order valence-electron chi connectivity index (χ3n) is 5.77. The first kappa shape index (κ1) is 27.1. The fourth-order valence-electron chi connectivity index (χ4n) is 4.07. The molecule has 0 aromatic heterocycles. The van der Waals surface area contributed by atoms with Crippen molar-refractivity contribution < 1.29 is 19.1 Å². The summed E-state index contributed by atoms with van der Waals surface area (Å²) in [5, 5.41) is 0. The van der Waals surface area contributed by atoms with Crippen LogP contribution in [0.2, 0.25) is 0 Å². The van der Waals surface area contributed by atoms with Crippen molar-refractivity contribution in [2.45, 2.75) is 66.3 Å². The number of hydrogen-bond donors (Lipinski definition) is 0. The zero-order valence-corrected chi connectivity index (χ0v) is 21.0. The average Bonchev–Trinajstić information content (AvgIpc) is 2.82. The van der Waals surface area contributed by atoms with E-state index >= 15 is 0 Å². The van der Waals surface area contributed by atoms with Gasteiger partial charge in [0, 0.05) is 44.6 Å². The van der Waals surface area contributed by atoms with Crippen LogP contribution in [-0.4, -0.2) is 42.4 Å². The Morgan fingerprint density at radius 1 is 0.794 bits per heavy atom. The summed E-state index contributed by atoms with van der Waals surface area (Å²) in [7, 11) is 0. The number of amides is 2. The minimum atomic E-state index is -0.239. The summed E-state index contributed by atoms with van der Waals surface area (Å²) in [5.74, 6) is -0.157. The van der Waals surface area contributed by atoms with Crippen LogP contribution in [0.25, 0.3) is 0 Å². The molecule has 6 nitrogen and oxygen atoms in total. The van der Waals surface area contributed by atoms with Gasteiger partial charge in [-0.3, -0.25) is 14.4 Å². The van der Waals surface area contributed by atoms with Crippen LogP contribution in [0.15, 0.2) is 48.5 Å². The fourth-order valence-corrected chi connectivity index (χ4v) is 4.07. The van der Waals surface area contributed by atoms with E-state index in [-0.39, 0.29) is 24.2 Å². The van der Waals surface area contributed by atoms with Crippen molar-refractivity contribution in [3.63, 3.8) is 0 Å². The number of carbonyl (C=O) groups is 3. The lowest BCUT2D eigenvalue weighted by Crippen LogP contribution is -2.35. The second-order valence-corrected chi connectivity index (χ2v) is 8.45. The summed E-state index contributed by atoms with van der Waals surface area (Å²) in [5.41, 5.74) is 4.10. The lowest BCUT2D eigenvalue weighted by Gasteiger charge is -2.27. The van der Waals surface area contributed by atoms with Gasteiger partial charge in [0.05, 0.1) is 6.61 Å². The second-order valence-electron chi connectivity index (χ2n) is 8.45. The molecule has 0 aliphatic heterocycles. The maximum absolute atomic E-state index is 13.1. The second kappa shape index (κ2) is 14.2. The topological polar surface area (TPSA) is 66.9 Å². The molecule has 0 heterocycles. The van der Waals surface area contributed by atoms with Crippen molar-refractivity contribution in [3.05, 3.63) is 65.2 Å². The molecule has 0 fully saturated rings. The Morgan fingerprint density at radius 3 is 2.06 bits per heavy atom. The quantitative estimate of drug-likeness (QED) is 0.381. The molecule has 2 rings (SSSR count). The Hall–Kier alpha value is -3.15. The third kappa shape index (κ3) is 8.32. The first-order chi connectivity index (χ1) is 16.4. The molecule has 2 aromatic rings. The van der Waals surface area contributed by atoms with Gasteiger partial charge in [0.1, 0.15) is 0 Å². The lowest BCUT2D eigenvalue weighted by atomic mass is 10.1. The van der Waals surface area contributed by atoms with Gasteiger partial charge < -0.3 is 14.5 Å². The molecule has 0 atom stereocenters. The number of ether oxygens (including phenoxy) is 1. The molecule has 2 amide bonds. The van der Waals surface area contributed by atoms with Crippen LogP contribution < -0.4 is 4.90 Å². The van der Waals surface area contributed by atoms with E-state index in [4.69, 9.17) is 4.74 Å². The van der Waals surface area contributed by atoms with Gasteiger partial charge in [-0.2, -0.15) is 0 Å². The molecule has 0 N–H and O–H groups in total. The molecule has 0 saturated heterocycles. The first-order valence-corrected chi connectivity index (χ1v) is 12.2. The highest BCUT2D eigenvalue weighted by Crippen LogP contribution is 2.26. The van der Waals surface area contributed by atoms with Crippen LogP contribution in [0.5, 0.6) is 0 Å². The number of hydrogen-bond acceptors (Lipinski definition) is 4. The number of esters is 1. The van der Waals surface area contributed by atoms with Gasteiger partial charge in [-0.25, -0.2) is 0 Å². The fraction of sp³-hybridized carbons (Fsp3) is 0.464. The zero-order valence-electron chi connectivity index (χ0n) is 21.0. The van der Waals surface area contributed by atoms with Gasteiger partial charge in [-0.15, -0.1) is 0 Å². The number of anilines is 1. The summed E-state index contributed by atoms with van der Waals surface area (Å²) < 4.78 is 5.01. The summed E-state index contributed by atoms with van der Waals surface area (Å²) >= 11 is 0. The average molecular weight is 467 g/mol. The predicted molar refractivity (Wildman–Crippen MR) is 136 cm³/mol. The highest BCUT2D eigenvalue weighted by molar-refractivity contribution is 5.94. The smallest absolute Gasteiger partial charge is 0.305 e. The molecule has 6 heteroatoms. The molecule has 0 unspecified atom stereocenters. The maximum atomic E-state index is 13.1. The summed E-state index contributed by atoms with van der Waals surface area (Å²) in [4.78, 5) is 41.2. The van der Waals surface area contributed by atoms with Gasteiger partial charge in [0.2, 0.25) is 11.8 Å². The van der Waals surface area contributed by atoms with E-state index in [0.29, 0.717) is 51.9 Å². The van der Waals surface area contributed by atoms with E-state index < -0.39 is 0 Å². The van der Waals surface area contributed by atoms with E-state index in [9.17, 15) is 14.4 Å². The largest absolute Gasteiger partial charge is 0.466 e. The first-order valence-electron chi connectivity index (χ1n) is 12.2. The lowest BCUT2D eigenvalue weighted by molar-refractivity contribution is -0.143. The highest BCUT2D eigenvalue weighted by Gasteiger charge is 2.20. The van der Waals surface area contributed by atoms with Crippen molar-refractivity contribution in [2.75, 3.05) is 24.6 Å². The van der Waals surface area contributed by atoms with Crippen molar-refractivity contribution in [1.29, 1.82) is 0 Å². The van der Waals surface area contributed by atoms with Crippen LogP contribution >= 0.6 is 0 Å². The standard InChI is InChI=1S/C28H38N2O4/c1-5-25(31)30(28-22(3)13-10-14-23(28)4)20-11-17-26(32)29(19-12-18-27(33)34-6-2)21-24-15-8-7-9-16-24/h7-10,13-16H,5-6,11-12,17-21H2,1-4H3. The van der Waals surface area contributed by atoms with E-state index in [1.54, 1.807) is 11.8 Å². The number of benzene rings is 2. The predicted octanol–water partition coefficient (Wildman–Crippen LogP) is 5.20. The summed E-state index contributed by atoms with van der Waals surface area (Å²) in [6, 6.07) is 15.9. The molecule has 0 spiro atoms. The minimum Gasteiger partial charge on any atom is -0.466 e. The van der Waals surface area contributed by atoms with Crippen LogP contribution in [0.1, 0.15) is 62.6 Å². The molecule has 34 heavy (non-hydrogen) atoms. The number of para-hydroxylation sites is 1. The van der Waals surface area contributed by atoms with Crippen molar-refractivity contribution in [2.24, 2.45) is 0 Å². The number of carbonyl (C=O) groups excluding carboxylic acids is 3. The molecule has 0 radical (unpaired) electrons. The van der Waals surface area contributed by atoms with E-state index in [0.717, 1.165) is 22.4 Å². The monoisotopic (exact) mass is 466 g/mol. The summed E-state index contributed by atoms with van der Waals surface area (Å²) in [6.07, 6.45) is 2.17. The minimum absolute atomic E-state index is 0.0260. The molecule has 2 aromatic carbocycles. The molecule has 0 aliphatic carbocycles. The Bertz CT molecular complexity index is 922. The number of rotatable bonds is 13. The van der Waals surface area contributed by atoms with E-state index in [2.05, 4.69) is 0 Å². The third-order valence-corrected chi connectivity index (χ3v) is 5.77. The maximum Gasteiger partial charge on any atom is 0.305 e. The van der Waals surface area contributed by atoms with Gasteiger partial charge in [-0.1, -0.05) is 55.5 Å². The molecule has 0 saturated carbocycles. The molecular formula is C28H38N2O4. The van der Waals surface area contributed by atoms with Crippen LogP contribution in [0, 0.1) is 13.8 Å². The van der Waals surface area contributed by atoms with Gasteiger partial charge in [0.25, 0.3) is 0 Å². The molecule has 0 aliphatic rings. The van der Waals surface area contributed by atoms with Gasteiger partial charge in [0.15, 0.2) is 0 Å².